The molecule has 19 heavy (non-hydrogen) atoms. The number of ether oxygens (including phenoxy) is 2. The number of hydrogen-bond acceptors (Lipinski definition) is 7. The third kappa shape index (κ3) is 3.44. The number of nitrogens with two attached hydrogens (primary N) is 1. The van der Waals surface area contributed by atoms with Gasteiger partial charge in [0.25, 0.3) is 0 Å². The topological polar surface area (TPSA) is 95.2 Å². The SMILES string of the molecule is CCOc1ccc(Nc2cc(OC)nc(N)n2)cn1. The van der Waals surface area contributed by atoms with Crippen LogP contribution < -0.4 is 20.5 Å². The van der Waals surface area contributed by atoms with E-state index in [-0.39, 0.29) is 5.95 Å². The summed E-state index contributed by atoms with van der Waals surface area (Å²) in [5.74, 6) is 1.65. The Kier molecular flexibility index (Phi) is 3.97. The van der Waals surface area contributed by atoms with E-state index in [2.05, 4.69) is 20.3 Å². The molecular weight excluding hydrogens is 246 g/mol. The van der Waals surface area contributed by atoms with Crippen molar-refractivity contribution >= 4 is 17.5 Å². The fourth-order valence-corrected chi connectivity index (χ4v) is 1.45. The van der Waals surface area contributed by atoms with Crippen LogP contribution in [-0.2, 0) is 0 Å². The monoisotopic (exact) mass is 261 g/mol. The van der Waals surface area contributed by atoms with Crippen LogP contribution in [0.25, 0.3) is 0 Å². The van der Waals surface area contributed by atoms with Crippen molar-refractivity contribution in [1.29, 1.82) is 0 Å². The molecule has 2 rings (SSSR count). The van der Waals surface area contributed by atoms with Gasteiger partial charge in [0, 0.05) is 12.1 Å². The van der Waals surface area contributed by atoms with E-state index in [0.29, 0.717) is 24.2 Å². The van der Waals surface area contributed by atoms with E-state index < -0.39 is 0 Å². The Labute approximate surface area is 110 Å². The molecule has 0 saturated heterocycles. The highest BCUT2D eigenvalue weighted by atomic mass is 16.5. The van der Waals surface area contributed by atoms with Crippen LogP contribution in [0.2, 0.25) is 0 Å². The minimum Gasteiger partial charge on any atom is -0.481 e. The summed E-state index contributed by atoms with van der Waals surface area (Å²) in [6, 6.07) is 5.25. The molecule has 0 unspecified atom stereocenters. The van der Waals surface area contributed by atoms with Crippen LogP contribution in [0.15, 0.2) is 24.4 Å². The molecule has 7 nitrogen and oxygen atoms in total. The molecule has 0 aliphatic carbocycles. The fraction of sp³-hybridized carbons (Fsp3) is 0.250. The van der Waals surface area contributed by atoms with E-state index in [1.807, 2.05) is 13.0 Å². The van der Waals surface area contributed by atoms with Gasteiger partial charge < -0.3 is 20.5 Å². The Hall–Kier alpha value is -2.57. The summed E-state index contributed by atoms with van der Waals surface area (Å²) >= 11 is 0. The number of nitrogens with zero attached hydrogens (tertiary/aromatic N) is 3. The number of anilines is 3. The van der Waals surface area contributed by atoms with Crippen molar-refractivity contribution in [2.24, 2.45) is 0 Å². The maximum Gasteiger partial charge on any atom is 0.225 e. The lowest BCUT2D eigenvalue weighted by Crippen LogP contribution is -2.02. The lowest BCUT2D eigenvalue weighted by Gasteiger charge is -2.08. The quantitative estimate of drug-likeness (QED) is 0.844. The van der Waals surface area contributed by atoms with Gasteiger partial charge in [-0.2, -0.15) is 9.97 Å². The normalized spacial score (nSPS) is 10.0. The van der Waals surface area contributed by atoms with Crippen LogP contribution in [0.3, 0.4) is 0 Å². The van der Waals surface area contributed by atoms with Gasteiger partial charge in [0.2, 0.25) is 17.7 Å². The standard InChI is InChI=1S/C12H15N5O2/c1-3-19-10-5-4-8(7-14-10)15-9-6-11(18-2)17-12(13)16-9/h4-7H,3H2,1-2H3,(H3,13,15,16,17). The van der Waals surface area contributed by atoms with E-state index in [1.165, 1.54) is 7.11 Å². The molecule has 0 bridgehead atoms. The Bertz CT molecular complexity index is 544. The van der Waals surface area contributed by atoms with Crippen LogP contribution in [0, 0.1) is 0 Å². The van der Waals surface area contributed by atoms with Gasteiger partial charge >= 0.3 is 0 Å². The molecule has 2 aromatic rings. The number of nitrogen functional groups attached to an aromatic ring is 1. The zero-order chi connectivity index (χ0) is 13.7. The summed E-state index contributed by atoms with van der Waals surface area (Å²) in [6.07, 6.45) is 1.65. The van der Waals surface area contributed by atoms with Gasteiger partial charge in [0.15, 0.2) is 0 Å². The first-order valence-electron chi connectivity index (χ1n) is 5.75. The molecule has 7 heteroatoms. The highest BCUT2D eigenvalue weighted by Crippen LogP contribution is 2.19. The van der Waals surface area contributed by atoms with E-state index in [9.17, 15) is 0 Å². The zero-order valence-electron chi connectivity index (χ0n) is 10.8. The maximum atomic E-state index is 5.57. The van der Waals surface area contributed by atoms with Gasteiger partial charge in [-0.1, -0.05) is 0 Å². The van der Waals surface area contributed by atoms with Crippen molar-refractivity contribution in [1.82, 2.24) is 15.0 Å². The van der Waals surface area contributed by atoms with Crippen LogP contribution in [-0.4, -0.2) is 28.7 Å². The van der Waals surface area contributed by atoms with Crippen molar-refractivity contribution < 1.29 is 9.47 Å². The number of hydrogen-bond donors (Lipinski definition) is 2. The van der Waals surface area contributed by atoms with Crippen molar-refractivity contribution in [2.45, 2.75) is 6.92 Å². The number of aromatic nitrogens is 3. The molecule has 0 amide bonds. The van der Waals surface area contributed by atoms with Gasteiger partial charge in [0.05, 0.1) is 25.6 Å². The second-order valence-electron chi connectivity index (χ2n) is 3.60. The van der Waals surface area contributed by atoms with Crippen LogP contribution >= 0.6 is 0 Å². The molecule has 0 aliphatic rings. The molecule has 0 aromatic carbocycles. The molecule has 2 aromatic heterocycles. The van der Waals surface area contributed by atoms with Gasteiger partial charge in [-0.05, 0) is 13.0 Å². The third-order valence-electron chi connectivity index (χ3n) is 2.23. The number of methoxy groups -OCH3 is 1. The Balaban J connectivity index is 2.14. The van der Waals surface area contributed by atoms with Crippen LogP contribution in [0.5, 0.6) is 11.8 Å². The predicted octanol–water partition coefficient (Wildman–Crippen LogP) is 1.60. The fourth-order valence-electron chi connectivity index (χ4n) is 1.45. The first-order valence-corrected chi connectivity index (χ1v) is 5.75. The Morgan fingerprint density at radius 1 is 1.26 bits per heavy atom. The van der Waals surface area contributed by atoms with Gasteiger partial charge in [-0.3, -0.25) is 0 Å². The number of nitrogens with one attached hydrogen (secondary N) is 1. The first kappa shape index (κ1) is 12.9. The summed E-state index contributed by atoms with van der Waals surface area (Å²) in [7, 11) is 1.52. The van der Waals surface area contributed by atoms with Crippen LogP contribution in [0.1, 0.15) is 6.92 Å². The molecule has 0 fully saturated rings. The molecule has 0 saturated carbocycles. The molecule has 0 atom stereocenters. The Morgan fingerprint density at radius 2 is 2.11 bits per heavy atom. The summed E-state index contributed by atoms with van der Waals surface area (Å²) in [6.45, 7) is 2.49. The molecular formula is C12H15N5O2. The minimum atomic E-state index is 0.140. The summed E-state index contributed by atoms with van der Waals surface area (Å²) in [5, 5.41) is 3.06. The molecule has 2 heterocycles. The number of pyridine rings is 1. The zero-order valence-corrected chi connectivity index (χ0v) is 10.8. The summed E-state index contributed by atoms with van der Waals surface area (Å²) < 4.78 is 10.3. The van der Waals surface area contributed by atoms with Crippen molar-refractivity contribution in [3.8, 4) is 11.8 Å². The lowest BCUT2D eigenvalue weighted by atomic mass is 10.4. The van der Waals surface area contributed by atoms with Crippen LogP contribution in [0.4, 0.5) is 17.5 Å². The molecule has 0 radical (unpaired) electrons. The van der Waals surface area contributed by atoms with Gasteiger partial charge in [-0.25, -0.2) is 4.98 Å². The molecule has 100 valence electrons. The van der Waals surface area contributed by atoms with E-state index in [0.717, 1.165) is 5.69 Å². The molecule has 0 aliphatic heterocycles. The highest BCUT2D eigenvalue weighted by molar-refractivity contribution is 5.57. The van der Waals surface area contributed by atoms with E-state index in [1.54, 1.807) is 18.3 Å². The number of rotatable bonds is 5. The minimum absolute atomic E-state index is 0.140. The smallest absolute Gasteiger partial charge is 0.225 e. The second-order valence-corrected chi connectivity index (χ2v) is 3.60. The summed E-state index contributed by atoms with van der Waals surface area (Å²) in [5.41, 5.74) is 6.34. The van der Waals surface area contributed by atoms with Gasteiger partial charge in [-0.15, -0.1) is 0 Å². The largest absolute Gasteiger partial charge is 0.481 e. The summed E-state index contributed by atoms with van der Waals surface area (Å²) in [4.78, 5) is 12.1. The Morgan fingerprint density at radius 3 is 2.74 bits per heavy atom. The van der Waals surface area contributed by atoms with Crippen molar-refractivity contribution in [3.05, 3.63) is 24.4 Å². The average molecular weight is 261 g/mol. The lowest BCUT2D eigenvalue weighted by molar-refractivity contribution is 0.327. The maximum absolute atomic E-state index is 5.57. The third-order valence-corrected chi connectivity index (χ3v) is 2.23. The van der Waals surface area contributed by atoms with E-state index in [4.69, 9.17) is 15.2 Å². The van der Waals surface area contributed by atoms with Crippen molar-refractivity contribution in [2.75, 3.05) is 24.8 Å². The second kappa shape index (κ2) is 5.85. The van der Waals surface area contributed by atoms with Crippen molar-refractivity contribution in [3.63, 3.8) is 0 Å². The van der Waals surface area contributed by atoms with Gasteiger partial charge in [0.1, 0.15) is 5.82 Å². The highest BCUT2D eigenvalue weighted by Gasteiger charge is 2.03. The van der Waals surface area contributed by atoms with E-state index >= 15 is 0 Å². The molecule has 3 N–H and O–H groups in total. The average Bonchev–Trinajstić information content (AvgIpc) is 2.40. The first-order chi connectivity index (χ1) is 9.21. The molecule has 0 spiro atoms. The predicted molar refractivity (Wildman–Crippen MR) is 71.7 cm³/mol.